The number of likely N-dealkylation sites (tertiary alicyclic amines) is 1. The normalized spacial score (nSPS) is 16.5. The molecule has 1 amide bonds. The van der Waals surface area contributed by atoms with Gasteiger partial charge in [0.15, 0.2) is 0 Å². The van der Waals surface area contributed by atoms with Gasteiger partial charge in [-0.15, -0.1) is 0 Å². The zero-order valence-corrected chi connectivity index (χ0v) is 16.5. The fraction of sp³-hybridized carbons (Fsp3) is 0.208. The lowest BCUT2D eigenvalue weighted by atomic mass is 9.89. The van der Waals surface area contributed by atoms with Gasteiger partial charge in [0, 0.05) is 60.3 Å². The highest BCUT2D eigenvalue weighted by Crippen LogP contribution is 2.33. The number of fused-ring (bicyclic) bond motifs is 1. The van der Waals surface area contributed by atoms with Gasteiger partial charge in [-0.05, 0) is 48.7 Å². The van der Waals surface area contributed by atoms with Crippen LogP contribution in [0.25, 0.3) is 22.0 Å². The molecule has 4 heterocycles. The summed E-state index contributed by atoms with van der Waals surface area (Å²) in [7, 11) is 0. The largest absolute Gasteiger partial charge is 0.338 e. The SMILES string of the molecule is O=C(c1cccc2ncccc12)N1CCC[C@H](c2ncncc2-c2ccncc2)C1. The van der Waals surface area contributed by atoms with Crippen LogP contribution in [-0.4, -0.2) is 43.8 Å². The van der Waals surface area contributed by atoms with Crippen LogP contribution in [0.1, 0.15) is 34.8 Å². The number of rotatable bonds is 3. The summed E-state index contributed by atoms with van der Waals surface area (Å²) in [5, 5.41) is 0.895. The second-order valence-electron chi connectivity index (χ2n) is 7.52. The van der Waals surface area contributed by atoms with Crippen molar-refractivity contribution in [1.29, 1.82) is 0 Å². The van der Waals surface area contributed by atoms with Crippen LogP contribution in [0.4, 0.5) is 0 Å². The van der Waals surface area contributed by atoms with E-state index in [1.165, 1.54) is 0 Å². The molecule has 4 aromatic rings. The highest BCUT2D eigenvalue weighted by atomic mass is 16.2. The number of pyridine rings is 2. The molecule has 0 N–H and O–H groups in total. The molecule has 0 spiro atoms. The molecule has 1 fully saturated rings. The predicted octanol–water partition coefficient (Wildman–Crippen LogP) is 4.11. The summed E-state index contributed by atoms with van der Waals surface area (Å²) in [6, 6.07) is 13.5. The molecule has 3 aromatic heterocycles. The topological polar surface area (TPSA) is 71.9 Å². The molecule has 30 heavy (non-hydrogen) atoms. The first-order valence-corrected chi connectivity index (χ1v) is 10.1. The number of aromatic nitrogens is 4. The predicted molar refractivity (Wildman–Crippen MR) is 115 cm³/mol. The summed E-state index contributed by atoms with van der Waals surface area (Å²) in [5.41, 5.74) is 4.59. The second-order valence-corrected chi connectivity index (χ2v) is 7.52. The Morgan fingerprint density at radius 3 is 2.77 bits per heavy atom. The Morgan fingerprint density at radius 2 is 1.87 bits per heavy atom. The highest BCUT2D eigenvalue weighted by Gasteiger charge is 2.28. The monoisotopic (exact) mass is 395 g/mol. The van der Waals surface area contributed by atoms with E-state index in [9.17, 15) is 4.79 Å². The first kappa shape index (κ1) is 18.4. The highest BCUT2D eigenvalue weighted by molar-refractivity contribution is 6.06. The van der Waals surface area contributed by atoms with Gasteiger partial charge in [0.25, 0.3) is 5.91 Å². The Morgan fingerprint density at radius 1 is 0.967 bits per heavy atom. The number of benzene rings is 1. The van der Waals surface area contributed by atoms with E-state index in [0.717, 1.165) is 47.1 Å². The molecular weight excluding hydrogens is 374 g/mol. The Kier molecular flexibility index (Phi) is 4.89. The molecule has 0 radical (unpaired) electrons. The van der Waals surface area contributed by atoms with Gasteiger partial charge < -0.3 is 4.90 Å². The van der Waals surface area contributed by atoms with E-state index in [1.807, 2.05) is 53.6 Å². The number of hydrogen-bond donors (Lipinski definition) is 0. The van der Waals surface area contributed by atoms with E-state index in [-0.39, 0.29) is 11.8 Å². The van der Waals surface area contributed by atoms with Crippen LogP contribution in [0, 0.1) is 0 Å². The third-order valence-electron chi connectivity index (χ3n) is 5.71. The molecule has 0 saturated carbocycles. The van der Waals surface area contributed by atoms with E-state index >= 15 is 0 Å². The number of hydrogen-bond acceptors (Lipinski definition) is 5. The van der Waals surface area contributed by atoms with Gasteiger partial charge in [-0.25, -0.2) is 9.97 Å². The first-order chi connectivity index (χ1) is 14.8. The third kappa shape index (κ3) is 3.41. The van der Waals surface area contributed by atoms with Crippen molar-refractivity contribution in [2.24, 2.45) is 0 Å². The fourth-order valence-electron chi connectivity index (χ4n) is 4.26. The Balaban J connectivity index is 1.46. The molecule has 1 aromatic carbocycles. The maximum Gasteiger partial charge on any atom is 0.254 e. The van der Waals surface area contributed by atoms with Crippen LogP contribution in [0.5, 0.6) is 0 Å². The quantitative estimate of drug-likeness (QED) is 0.522. The van der Waals surface area contributed by atoms with Crippen molar-refractivity contribution in [1.82, 2.24) is 24.8 Å². The minimum atomic E-state index is 0.0535. The van der Waals surface area contributed by atoms with Gasteiger partial charge in [0.1, 0.15) is 6.33 Å². The maximum atomic E-state index is 13.4. The van der Waals surface area contributed by atoms with Crippen molar-refractivity contribution in [2.75, 3.05) is 13.1 Å². The van der Waals surface area contributed by atoms with E-state index < -0.39 is 0 Å². The van der Waals surface area contributed by atoms with E-state index in [0.29, 0.717) is 12.1 Å². The van der Waals surface area contributed by atoms with Crippen molar-refractivity contribution < 1.29 is 4.79 Å². The Bertz CT molecular complexity index is 1190. The van der Waals surface area contributed by atoms with Crippen LogP contribution in [0.15, 0.2) is 73.6 Å². The molecular formula is C24H21N5O. The molecule has 0 unspecified atom stereocenters. The lowest BCUT2D eigenvalue weighted by molar-refractivity contribution is 0.0708. The van der Waals surface area contributed by atoms with Gasteiger partial charge in [-0.3, -0.25) is 14.8 Å². The van der Waals surface area contributed by atoms with Crippen molar-refractivity contribution in [3.05, 3.63) is 84.8 Å². The molecule has 5 rings (SSSR count). The lowest BCUT2D eigenvalue weighted by Crippen LogP contribution is -2.39. The molecule has 6 nitrogen and oxygen atoms in total. The van der Waals surface area contributed by atoms with Gasteiger partial charge in [-0.1, -0.05) is 12.1 Å². The Hall–Kier alpha value is -3.67. The Labute approximate surface area is 174 Å². The van der Waals surface area contributed by atoms with Gasteiger partial charge >= 0.3 is 0 Å². The smallest absolute Gasteiger partial charge is 0.254 e. The van der Waals surface area contributed by atoms with Crippen LogP contribution in [0.3, 0.4) is 0 Å². The molecule has 1 saturated heterocycles. The zero-order chi connectivity index (χ0) is 20.3. The third-order valence-corrected chi connectivity index (χ3v) is 5.71. The number of amides is 1. The summed E-state index contributed by atoms with van der Waals surface area (Å²) >= 11 is 0. The number of nitrogens with zero attached hydrogens (tertiary/aromatic N) is 5. The molecule has 6 heteroatoms. The minimum Gasteiger partial charge on any atom is -0.338 e. The minimum absolute atomic E-state index is 0.0535. The standard InChI is InChI=1S/C24H21N5O/c30-24(20-5-1-7-22-19(20)6-2-10-27-22)29-13-3-4-18(15-29)23-21(14-26-16-28-23)17-8-11-25-12-9-17/h1-2,5-12,14,16,18H,3-4,13,15H2/t18-/m0/s1. The average molecular weight is 395 g/mol. The number of piperidine rings is 1. The van der Waals surface area contributed by atoms with E-state index in [1.54, 1.807) is 24.9 Å². The summed E-state index contributed by atoms with van der Waals surface area (Å²) < 4.78 is 0. The molecule has 1 aliphatic heterocycles. The molecule has 148 valence electrons. The lowest BCUT2D eigenvalue weighted by Gasteiger charge is -2.33. The van der Waals surface area contributed by atoms with Gasteiger partial charge in [0.05, 0.1) is 11.2 Å². The van der Waals surface area contributed by atoms with Crippen LogP contribution >= 0.6 is 0 Å². The van der Waals surface area contributed by atoms with Crippen molar-refractivity contribution in [3.8, 4) is 11.1 Å². The van der Waals surface area contributed by atoms with E-state index in [2.05, 4.69) is 19.9 Å². The van der Waals surface area contributed by atoms with Crippen molar-refractivity contribution in [2.45, 2.75) is 18.8 Å². The summed E-state index contributed by atoms with van der Waals surface area (Å²) in [4.78, 5) is 32.7. The van der Waals surface area contributed by atoms with E-state index in [4.69, 9.17) is 0 Å². The summed E-state index contributed by atoms with van der Waals surface area (Å²) in [6.07, 6.45) is 10.7. The second kappa shape index (κ2) is 7.99. The van der Waals surface area contributed by atoms with Crippen LogP contribution in [-0.2, 0) is 0 Å². The molecule has 0 aliphatic carbocycles. The van der Waals surface area contributed by atoms with Crippen molar-refractivity contribution >= 4 is 16.8 Å². The molecule has 0 bridgehead atoms. The van der Waals surface area contributed by atoms with Gasteiger partial charge in [0.2, 0.25) is 0 Å². The summed E-state index contributed by atoms with van der Waals surface area (Å²) in [6.45, 7) is 1.40. The molecule has 1 atom stereocenters. The first-order valence-electron chi connectivity index (χ1n) is 10.1. The zero-order valence-electron chi connectivity index (χ0n) is 16.5. The van der Waals surface area contributed by atoms with Crippen LogP contribution < -0.4 is 0 Å². The maximum absolute atomic E-state index is 13.4. The summed E-state index contributed by atoms with van der Waals surface area (Å²) in [5.74, 6) is 0.222. The van der Waals surface area contributed by atoms with Gasteiger partial charge in [-0.2, -0.15) is 0 Å². The van der Waals surface area contributed by atoms with Crippen LogP contribution in [0.2, 0.25) is 0 Å². The van der Waals surface area contributed by atoms with Crippen molar-refractivity contribution in [3.63, 3.8) is 0 Å². The molecule has 1 aliphatic rings. The number of carbonyl (C=O) groups excluding carboxylic acids is 1. The fourth-order valence-corrected chi connectivity index (χ4v) is 4.26. The average Bonchev–Trinajstić information content (AvgIpc) is 2.84. The number of carbonyl (C=O) groups is 1.